The molecule has 3 aromatic carbocycles. The molecule has 0 fully saturated rings. The monoisotopic (exact) mass is 415 g/mol. The molecule has 0 atom stereocenters. The maximum Gasteiger partial charge on any atom is 0.238 e. The van der Waals surface area contributed by atoms with E-state index in [9.17, 15) is 26.0 Å². The second-order valence-corrected chi connectivity index (χ2v) is 7.57. The third kappa shape index (κ3) is 3.83. The molecule has 0 unspecified atom stereocenters. The Morgan fingerprint density at radius 2 is 1.15 bits per heavy atom. The first-order valence-corrected chi connectivity index (χ1v) is 9.27. The van der Waals surface area contributed by atoms with Crippen molar-refractivity contribution in [3.05, 3.63) is 76.8 Å². The largest absolute Gasteiger partial charge is 0.238 e. The molecular weight excluding hydrogens is 406 g/mol. The summed E-state index contributed by atoms with van der Waals surface area (Å²) in [4.78, 5) is -0.182. The van der Waals surface area contributed by atoms with E-state index in [4.69, 9.17) is 16.7 Å². The molecule has 0 spiro atoms. The second kappa shape index (κ2) is 6.95. The lowest BCUT2D eigenvalue weighted by atomic mass is 9.94. The number of hydrogen-bond acceptors (Lipinski definition) is 2. The van der Waals surface area contributed by atoms with Crippen LogP contribution in [0.2, 0.25) is 5.02 Å². The molecule has 3 nitrogen and oxygen atoms in total. The number of nitrogens with two attached hydrogens (primary N) is 1. The molecule has 0 saturated carbocycles. The predicted octanol–water partition coefficient (Wildman–Crippen LogP) is 4.88. The van der Waals surface area contributed by atoms with Gasteiger partial charge in [-0.05, 0) is 58.7 Å². The molecule has 140 valence electrons. The molecule has 9 heteroatoms. The maximum absolute atomic E-state index is 13.8. The highest BCUT2D eigenvalue weighted by Gasteiger charge is 2.17. The number of rotatable bonds is 3. The van der Waals surface area contributed by atoms with E-state index in [1.807, 2.05) is 0 Å². The molecule has 27 heavy (non-hydrogen) atoms. The summed E-state index contributed by atoms with van der Waals surface area (Å²) >= 11 is 5.46. The minimum absolute atomic E-state index is 0.00766. The lowest BCUT2D eigenvalue weighted by Crippen LogP contribution is -2.11. The van der Waals surface area contributed by atoms with Crippen LogP contribution in [-0.2, 0) is 10.0 Å². The van der Waals surface area contributed by atoms with Crippen LogP contribution in [0.25, 0.3) is 22.3 Å². The van der Waals surface area contributed by atoms with E-state index in [0.717, 1.165) is 24.3 Å². The van der Waals surface area contributed by atoms with Crippen LogP contribution in [0.1, 0.15) is 0 Å². The lowest BCUT2D eigenvalue weighted by molar-refractivity contribution is 0.509. The van der Waals surface area contributed by atoms with Gasteiger partial charge in [-0.2, -0.15) is 0 Å². The Kier molecular flexibility index (Phi) is 4.98. The molecule has 0 amide bonds. The summed E-state index contributed by atoms with van der Waals surface area (Å²) in [5.41, 5.74) is 0.300. The molecule has 0 aliphatic heterocycles. The summed E-state index contributed by atoms with van der Waals surface area (Å²) in [6, 6.07) is 8.41. The number of benzene rings is 3. The molecule has 0 aliphatic rings. The third-order valence-electron chi connectivity index (χ3n) is 3.85. The third-order valence-corrected chi connectivity index (χ3v) is 5.14. The first-order chi connectivity index (χ1) is 12.6. The van der Waals surface area contributed by atoms with Crippen LogP contribution < -0.4 is 5.14 Å². The van der Waals surface area contributed by atoms with Crippen LogP contribution in [0.15, 0.2) is 53.4 Å². The van der Waals surface area contributed by atoms with E-state index >= 15 is 0 Å². The first-order valence-electron chi connectivity index (χ1n) is 7.35. The Labute approximate surface area is 157 Å². The summed E-state index contributed by atoms with van der Waals surface area (Å²) in [5.74, 6) is -4.52. The molecule has 3 rings (SSSR count). The van der Waals surface area contributed by atoms with Gasteiger partial charge < -0.3 is 0 Å². The summed E-state index contributed by atoms with van der Waals surface area (Å²) < 4.78 is 77.9. The lowest BCUT2D eigenvalue weighted by Gasteiger charge is -2.13. The SMILES string of the molecule is NS(=O)(=O)c1ccc(-c2cc(F)c(F)cc2-c2cc(F)c(Cl)c(F)c2)cc1. The van der Waals surface area contributed by atoms with Crippen LogP contribution in [0.4, 0.5) is 17.6 Å². The zero-order valence-electron chi connectivity index (χ0n) is 13.3. The van der Waals surface area contributed by atoms with Crippen molar-refractivity contribution < 1.29 is 26.0 Å². The van der Waals surface area contributed by atoms with Gasteiger partial charge in [0.2, 0.25) is 10.0 Å². The molecule has 0 radical (unpaired) electrons. The fraction of sp³-hybridized carbons (Fsp3) is 0. The van der Waals surface area contributed by atoms with Crippen molar-refractivity contribution in [2.45, 2.75) is 4.90 Å². The van der Waals surface area contributed by atoms with E-state index in [0.29, 0.717) is 0 Å². The molecule has 0 bridgehead atoms. The Hall–Kier alpha value is -2.42. The average molecular weight is 416 g/mol. The minimum atomic E-state index is -3.94. The van der Waals surface area contributed by atoms with E-state index in [-0.39, 0.29) is 27.1 Å². The van der Waals surface area contributed by atoms with Gasteiger partial charge >= 0.3 is 0 Å². The van der Waals surface area contributed by atoms with Crippen LogP contribution in [0.3, 0.4) is 0 Å². The molecule has 3 aromatic rings. The zero-order chi connectivity index (χ0) is 19.9. The van der Waals surface area contributed by atoms with Crippen LogP contribution >= 0.6 is 11.6 Å². The highest BCUT2D eigenvalue weighted by Crippen LogP contribution is 2.36. The number of halogens is 5. The van der Waals surface area contributed by atoms with E-state index in [2.05, 4.69) is 0 Å². The van der Waals surface area contributed by atoms with Gasteiger partial charge in [0.15, 0.2) is 11.6 Å². The van der Waals surface area contributed by atoms with Gasteiger partial charge in [-0.25, -0.2) is 31.1 Å². The van der Waals surface area contributed by atoms with E-state index in [1.165, 1.54) is 24.3 Å². The standard InChI is InChI=1S/C18H10ClF4NO2S/c19-18-16(22)5-10(6-17(18)23)13-8-15(21)14(20)7-12(13)9-1-3-11(4-2-9)27(24,25)26/h1-8H,(H2,24,25,26). The summed E-state index contributed by atoms with van der Waals surface area (Å²) in [6.45, 7) is 0. The Morgan fingerprint density at radius 1 is 0.704 bits per heavy atom. The van der Waals surface area contributed by atoms with Crippen molar-refractivity contribution in [1.29, 1.82) is 0 Å². The van der Waals surface area contributed by atoms with Gasteiger partial charge in [-0.15, -0.1) is 0 Å². The number of hydrogen-bond donors (Lipinski definition) is 1. The van der Waals surface area contributed by atoms with Gasteiger partial charge in [-0.3, -0.25) is 0 Å². The second-order valence-electron chi connectivity index (χ2n) is 5.64. The molecule has 2 N–H and O–H groups in total. The zero-order valence-corrected chi connectivity index (χ0v) is 14.9. The number of sulfonamides is 1. The van der Waals surface area contributed by atoms with Gasteiger partial charge in [-0.1, -0.05) is 23.7 Å². The molecule has 0 saturated heterocycles. The fourth-order valence-electron chi connectivity index (χ4n) is 2.56. The number of primary sulfonamides is 1. The van der Waals surface area contributed by atoms with Crippen molar-refractivity contribution in [2.24, 2.45) is 5.14 Å². The average Bonchev–Trinajstić information content (AvgIpc) is 2.60. The van der Waals surface area contributed by atoms with Crippen molar-refractivity contribution in [3.8, 4) is 22.3 Å². The molecule has 0 heterocycles. The summed E-state index contributed by atoms with van der Waals surface area (Å²) in [6.07, 6.45) is 0. The van der Waals surface area contributed by atoms with Gasteiger partial charge in [0, 0.05) is 0 Å². The van der Waals surface area contributed by atoms with Crippen molar-refractivity contribution in [3.63, 3.8) is 0 Å². The van der Waals surface area contributed by atoms with Gasteiger partial charge in [0.1, 0.15) is 16.7 Å². The van der Waals surface area contributed by atoms with E-state index < -0.39 is 38.3 Å². The normalized spacial score (nSPS) is 11.6. The quantitative estimate of drug-likeness (QED) is 0.489. The van der Waals surface area contributed by atoms with E-state index in [1.54, 1.807) is 0 Å². The van der Waals surface area contributed by atoms with Gasteiger partial charge in [0.05, 0.1) is 4.90 Å². The Bertz CT molecular complexity index is 1130. The Morgan fingerprint density at radius 3 is 1.59 bits per heavy atom. The molecule has 0 aromatic heterocycles. The van der Waals surface area contributed by atoms with Crippen molar-refractivity contribution >= 4 is 21.6 Å². The fourth-order valence-corrected chi connectivity index (χ4v) is 3.18. The van der Waals surface area contributed by atoms with Crippen LogP contribution in [-0.4, -0.2) is 8.42 Å². The Balaban J connectivity index is 2.24. The molecule has 0 aliphatic carbocycles. The molecular formula is C18H10ClF4NO2S. The highest BCUT2D eigenvalue weighted by molar-refractivity contribution is 7.89. The highest BCUT2D eigenvalue weighted by atomic mass is 35.5. The summed E-state index contributed by atoms with van der Waals surface area (Å²) in [5, 5.41) is 4.30. The van der Waals surface area contributed by atoms with Crippen LogP contribution in [0.5, 0.6) is 0 Å². The summed E-state index contributed by atoms with van der Waals surface area (Å²) in [7, 11) is -3.94. The smallest absolute Gasteiger partial charge is 0.225 e. The predicted molar refractivity (Wildman–Crippen MR) is 93.5 cm³/mol. The topological polar surface area (TPSA) is 60.2 Å². The van der Waals surface area contributed by atoms with Gasteiger partial charge in [0.25, 0.3) is 0 Å². The van der Waals surface area contributed by atoms with Crippen molar-refractivity contribution in [2.75, 3.05) is 0 Å². The van der Waals surface area contributed by atoms with Crippen molar-refractivity contribution in [1.82, 2.24) is 0 Å². The minimum Gasteiger partial charge on any atom is -0.225 e. The van der Waals surface area contributed by atoms with Crippen LogP contribution in [0, 0.1) is 23.3 Å². The maximum atomic E-state index is 13.8. The first kappa shape index (κ1) is 19.3.